The Morgan fingerprint density at radius 3 is 2.87 bits per heavy atom. The fraction of sp³-hybridized carbons (Fsp3) is 0.550. The monoisotopic (exact) mass is 432 g/mol. The van der Waals surface area contributed by atoms with Gasteiger partial charge in [0.2, 0.25) is 5.91 Å². The minimum Gasteiger partial charge on any atom is -0.383 e. The molecule has 2 amide bonds. The van der Waals surface area contributed by atoms with E-state index in [1.165, 1.54) is 11.0 Å². The fourth-order valence-corrected chi connectivity index (χ4v) is 4.59. The zero-order valence-electron chi connectivity index (χ0n) is 16.7. The highest BCUT2D eigenvalue weighted by Gasteiger charge is 2.56. The number of tetrazole rings is 1. The molecule has 2 bridgehead atoms. The lowest BCUT2D eigenvalue weighted by molar-refractivity contribution is -0.146. The first-order valence-electron chi connectivity index (χ1n) is 10.3. The van der Waals surface area contributed by atoms with Crippen LogP contribution in [0.4, 0.5) is 0 Å². The summed E-state index contributed by atoms with van der Waals surface area (Å²) in [6.07, 6.45) is 4.17. The molecule has 0 radical (unpaired) electrons. The van der Waals surface area contributed by atoms with Crippen molar-refractivity contribution in [1.29, 1.82) is 0 Å². The second-order valence-electron chi connectivity index (χ2n) is 7.98. The van der Waals surface area contributed by atoms with Gasteiger partial charge in [0.15, 0.2) is 0 Å². The molecule has 1 saturated carbocycles. The first kappa shape index (κ1) is 20.7. The standard InChI is InChI=1S/C20H25ClN6O3/c1-2-3-4-17(28)20(30)27-15-8-12(9-15)18(27)19(29)22-10-13-7-14(21)5-6-16(13)26-11-23-24-25-26/h5-7,11-12,15,17-18,28H,2-4,8-10H2,1H3,(H,22,29). The van der Waals surface area contributed by atoms with Crippen molar-refractivity contribution in [2.24, 2.45) is 5.92 Å². The van der Waals surface area contributed by atoms with Crippen molar-refractivity contribution >= 4 is 23.4 Å². The van der Waals surface area contributed by atoms with Crippen LogP contribution in [-0.4, -0.2) is 60.2 Å². The molecule has 5 rings (SSSR count). The zero-order valence-corrected chi connectivity index (χ0v) is 17.5. The molecule has 2 aliphatic heterocycles. The SMILES string of the molecule is CCCCC(O)C(=O)N1C2CC(C2)C1C(=O)NCc1cc(Cl)ccc1-n1cnnn1. The van der Waals surface area contributed by atoms with Crippen LogP contribution in [0.15, 0.2) is 24.5 Å². The third-order valence-corrected chi connectivity index (χ3v) is 6.25. The number of aliphatic hydroxyl groups excluding tert-OH is 1. The highest BCUT2D eigenvalue weighted by molar-refractivity contribution is 6.30. The molecule has 1 aliphatic carbocycles. The first-order valence-corrected chi connectivity index (χ1v) is 10.7. The van der Waals surface area contributed by atoms with Gasteiger partial charge in [-0.15, -0.1) is 5.10 Å². The molecule has 3 heterocycles. The molecule has 160 valence electrons. The van der Waals surface area contributed by atoms with Crippen molar-refractivity contribution in [3.63, 3.8) is 0 Å². The smallest absolute Gasteiger partial charge is 0.252 e. The number of unbranched alkanes of at least 4 members (excludes halogenated alkanes) is 1. The van der Waals surface area contributed by atoms with Gasteiger partial charge in [0.05, 0.1) is 5.69 Å². The number of carbonyl (C=O) groups is 2. The summed E-state index contributed by atoms with van der Waals surface area (Å²) in [5.74, 6) is -0.389. The van der Waals surface area contributed by atoms with Gasteiger partial charge in [0, 0.05) is 17.6 Å². The summed E-state index contributed by atoms with van der Waals surface area (Å²) >= 11 is 6.14. The molecule has 3 aliphatic rings. The molecule has 1 aromatic carbocycles. The molecule has 2 atom stereocenters. The Labute approximate surface area is 179 Å². The van der Waals surface area contributed by atoms with Gasteiger partial charge in [-0.05, 0) is 59.4 Å². The van der Waals surface area contributed by atoms with Crippen LogP contribution in [0.25, 0.3) is 5.69 Å². The minimum atomic E-state index is -1.04. The Morgan fingerprint density at radius 2 is 2.17 bits per heavy atom. The van der Waals surface area contributed by atoms with Gasteiger partial charge >= 0.3 is 0 Å². The Morgan fingerprint density at radius 1 is 1.37 bits per heavy atom. The molecule has 2 unspecified atom stereocenters. The molecule has 1 aromatic heterocycles. The Bertz CT molecular complexity index is 915. The van der Waals surface area contributed by atoms with Gasteiger partial charge in [-0.3, -0.25) is 9.59 Å². The van der Waals surface area contributed by atoms with Crippen LogP contribution in [0.5, 0.6) is 0 Å². The molecule has 0 spiro atoms. The van der Waals surface area contributed by atoms with Crippen molar-refractivity contribution in [1.82, 2.24) is 30.4 Å². The number of fused-ring (bicyclic) bond motifs is 1. The van der Waals surface area contributed by atoms with Crippen molar-refractivity contribution in [3.8, 4) is 5.69 Å². The summed E-state index contributed by atoms with van der Waals surface area (Å²) in [5.41, 5.74) is 1.47. The van der Waals surface area contributed by atoms with E-state index in [1.54, 1.807) is 23.1 Å². The second kappa shape index (κ2) is 8.69. The molecule has 2 aromatic rings. The minimum absolute atomic E-state index is 0.0532. The lowest BCUT2D eigenvalue weighted by Gasteiger charge is -2.28. The normalized spacial score (nSPS) is 23.2. The molecular weight excluding hydrogens is 408 g/mol. The van der Waals surface area contributed by atoms with E-state index in [0.29, 0.717) is 17.1 Å². The van der Waals surface area contributed by atoms with Crippen LogP contribution in [0.1, 0.15) is 44.6 Å². The number of halogens is 1. The van der Waals surface area contributed by atoms with Gasteiger partial charge in [-0.1, -0.05) is 31.4 Å². The van der Waals surface area contributed by atoms with E-state index in [-0.39, 0.29) is 30.3 Å². The number of carbonyl (C=O) groups excluding carboxylic acids is 2. The fourth-order valence-electron chi connectivity index (χ4n) is 4.40. The van der Waals surface area contributed by atoms with Crippen molar-refractivity contribution in [2.45, 2.75) is 63.8 Å². The third-order valence-electron chi connectivity index (χ3n) is 6.02. The second-order valence-corrected chi connectivity index (χ2v) is 8.42. The third kappa shape index (κ3) is 3.91. The van der Waals surface area contributed by atoms with E-state index >= 15 is 0 Å². The number of hydrogen-bond donors (Lipinski definition) is 2. The summed E-state index contributed by atoms with van der Waals surface area (Å²) in [6.45, 7) is 2.24. The molecular formula is C20H25ClN6O3. The summed E-state index contributed by atoms with van der Waals surface area (Å²) in [6, 6.07) is 4.79. The largest absolute Gasteiger partial charge is 0.383 e. The van der Waals surface area contributed by atoms with Gasteiger partial charge in [0.25, 0.3) is 5.91 Å². The molecule has 2 saturated heterocycles. The van der Waals surface area contributed by atoms with E-state index in [0.717, 1.165) is 31.2 Å². The lowest BCUT2D eigenvalue weighted by Crippen LogP contribution is -2.49. The topological polar surface area (TPSA) is 113 Å². The van der Waals surface area contributed by atoms with Crippen molar-refractivity contribution in [2.75, 3.05) is 0 Å². The maximum Gasteiger partial charge on any atom is 0.252 e. The number of benzene rings is 1. The molecule has 3 fully saturated rings. The van der Waals surface area contributed by atoms with Crippen LogP contribution in [-0.2, 0) is 16.1 Å². The van der Waals surface area contributed by atoms with E-state index in [2.05, 4.69) is 20.8 Å². The lowest BCUT2D eigenvalue weighted by atomic mass is 9.82. The highest BCUT2D eigenvalue weighted by Crippen LogP contribution is 2.46. The van der Waals surface area contributed by atoms with Gasteiger partial charge in [0.1, 0.15) is 18.5 Å². The average Bonchev–Trinajstić information content (AvgIpc) is 3.43. The maximum atomic E-state index is 13.0. The number of rotatable bonds is 8. The summed E-state index contributed by atoms with van der Waals surface area (Å²) in [4.78, 5) is 27.4. The molecule has 9 nitrogen and oxygen atoms in total. The number of nitrogens with zero attached hydrogens (tertiary/aromatic N) is 5. The summed E-state index contributed by atoms with van der Waals surface area (Å²) < 4.78 is 1.50. The maximum absolute atomic E-state index is 13.0. The van der Waals surface area contributed by atoms with Crippen LogP contribution >= 0.6 is 11.6 Å². The Balaban J connectivity index is 1.46. The summed E-state index contributed by atoms with van der Waals surface area (Å²) in [7, 11) is 0. The van der Waals surface area contributed by atoms with Crippen molar-refractivity contribution in [3.05, 3.63) is 35.1 Å². The van der Waals surface area contributed by atoms with Gasteiger partial charge in [-0.25, -0.2) is 4.68 Å². The van der Waals surface area contributed by atoms with Gasteiger partial charge in [-0.2, -0.15) is 0 Å². The number of aliphatic hydroxyl groups is 1. The van der Waals surface area contributed by atoms with Crippen molar-refractivity contribution < 1.29 is 14.7 Å². The molecule has 10 heteroatoms. The van der Waals surface area contributed by atoms with Gasteiger partial charge < -0.3 is 15.3 Å². The zero-order chi connectivity index (χ0) is 21.3. The Kier molecular flexibility index (Phi) is 6.01. The summed E-state index contributed by atoms with van der Waals surface area (Å²) in [5, 5.41) is 24.9. The van der Waals surface area contributed by atoms with Crippen LogP contribution in [0.2, 0.25) is 5.02 Å². The average molecular weight is 433 g/mol. The number of amides is 2. The highest BCUT2D eigenvalue weighted by atomic mass is 35.5. The van der Waals surface area contributed by atoms with E-state index in [9.17, 15) is 14.7 Å². The van der Waals surface area contributed by atoms with Crippen LogP contribution in [0, 0.1) is 5.92 Å². The van der Waals surface area contributed by atoms with E-state index < -0.39 is 12.1 Å². The number of hydrogen-bond acceptors (Lipinski definition) is 6. The molecule has 2 N–H and O–H groups in total. The quantitative estimate of drug-likeness (QED) is 0.653. The van der Waals surface area contributed by atoms with E-state index in [4.69, 9.17) is 11.6 Å². The predicted molar refractivity (Wildman–Crippen MR) is 109 cm³/mol. The predicted octanol–water partition coefficient (Wildman–Crippen LogP) is 1.47. The first-order chi connectivity index (χ1) is 14.5. The Hall–Kier alpha value is -2.52. The number of aromatic nitrogens is 4. The number of nitrogens with one attached hydrogen (secondary N) is 1. The van der Waals surface area contributed by atoms with Crippen LogP contribution < -0.4 is 5.32 Å². The molecule has 30 heavy (non-hydrogen) atoms. The van der Waals surface area contributed by atoms with E-state index in [1.807, 2.05) is 6.92 Å². The van der Waals surface area contributed by atoms with Crippen LogP contribution in [0.3, 0.4) is 0 Å².